The van der Waals surface area contributed by atoms with E-state index in [1.54, 1.807) is 0 Å². The first kappa shape index (κ1) is 9.00. The standard InChI is InChI=1S/C10H18N2O/c1-10(2)6-12(5-8(10)11)9(13)7-3-4-7/h7-8H,3-6,11H2,1-2H3/t8-/m1/s1. The molecule has 1 saturated carbocycles. The monoisotopic (exact) mass is 182 g/mol. The zero-order valence-corrected chi connectivity index (χ0v) is 8.42. The molecule has 3 heteroatoms. The Kier molecular flexibility index (Phi) is 1.88. The molecule has 2 rings (SSSR count). The molecule has 0 spiro atoms. The maximum atomic E-state index is 11.7. The van der Waals surface area contributed by atoms with Crippen LogP contribution in [-0.4, -0.2) is 29.9 Å². The first-order valence-electron chi connectivity index (χ1n) is 5.05. The summed E-state index contributed by atoms with van der Waals surface area (Å²) in [5, 5.41) is 0. The van der Waals surface area contributed by atoms with Crippen molar-refractivity contribution in [3.63, 3.8) is 0 Å². The third kappa shape index (κ3) is 1.57. The molecule has 2 fully saturated rings. The summed E-state index contributed by atoms with van der Waals surface area (Å²) < 4.78 is 0. The summed E-state index contributed by atoms with van der Waals surface area (Å²) in [5.74, 6) is 0.669. The Morgan fingerprint density at radius 3 is 2.46 bits per heavy atom. The van der Waals surface area contributed by atoms with Crippen LogP contribution >= 0.6 is 0 Å². The second-order valence-electron chi connectivity index (χ2n) is 5.09. The topological polar surface area (TPSA) is 46.3 Å². The predicted octanol–water partition coefficient (Wildman–Crippen LogP) is 0.592. The molecule has 13 heavy (non-hydrogen) atoms. The number of nitrogens with two attached hydrogens (primary N) is 1. The first-order chi connectivity index (χ1) is 6.00. The number of hydrogen-bond acceptors (Lipinski definition) is 2. The minimum atomic E-state index is 0.102. The van der Waals surface area contributed by atoms with Gasteiger partial charge in [0.05, 0.1) is 0 Å². The quantitative estimate of drug-likeness (QED) is 0.645. The molecule has 3 nitrogen and oxygen atoms in total. The lowest BCUT2D eigenvalue weighted by Crippen LogP contribution is -2.35. The highest BCUT2D eigenvalue weighted by atomic mass is 16.2. The van der Waals surface area contributed by atoms with Gasteiger partial charge < -0.3 is 10.6 Å². The van der Waals surface area contributed by atoms with E-state index < -0.39 is 0 Å². The lowest BCUT2D eigenvalue weighted by molar-refractivity contribution is -0.131. The van der Waals surface area contributed by atoms with Gasteiger partial charge in [-0.2, -0.15) is 0 Å². The van der Waals surface area contributed by atoms with Crippen molar-refractivity contribution in [2.75, 3.05) is 13.1 Å². The maximum Gasteiger partial charge on any atom is 0.225 e. The fourth-order valence-electron chi connectivity index (χ4n) is 1.91. The van der Waals surface area contributed by atoms with E-state index in [0.29, 0.717) is 11.8 Å². The van der Waals surface area contributed by atoms with E-state index >= 15 is 0 Å². The molecule has 2 aliphatic rings. The Hall–Kier alpha value is -0.570. The van der Waals surface area contributed by atoms with Crippen LogP contribution in [0.4, 0.5) is 0 Å². The summed E-state index contributed by atoms with van der Waals surface area (Å²) in [6.45, 7) is 5.86. The molecular weight excluding hydrogens is 164 g/mol. The van der Waals surface area contributed by atoms with Crippen LogP contribution in [0.1, 0.15) is 26.7 Å². The average Bonchev–Trinajstić information content (AvgIpc) is 2.80. The van der Waals surface area contributed by atoms with Crippen LogP contribution in [0.2, 0.25) is 0 Å². The maximum absolute atomic E-state index is 11.7. The summed E-state index contributed by atoms with van der Waals surface area (Å²) >= 11 is 0. The normalized spacial score (nSPS) is 32.2. The van der Waals surface area contributed by atoms with Gasteiger partial charge in [-0.15, -0.1) is 0 Å². The lowest BCUT2D eigenvalue weighted by atomic mass is 9.89. The van der Waals surface area contributed by atoms with Crippen LogP contribution in [0.15, 0.2) is 0 Å². The number of carbonyl (C=O) groups is 1. The third-order valence-electron chi connectivity index (χ3n) is 3.26. The van der Waals surface area contributed by atoms with Gasteiger partial charge in [-0.3, -0.25) is 4.79 Å². The predicted molar refractivity (Wildman–Crippen MR) is 51.1 cm³/mol. The molecule has 1 saturated heterocycles. The SMILES string of the molecule is CC1(C)CN(C(=O)C2CC2)C[C@H]1N. The fourth-order valence-corrected chi connectivity index (χ4v) is 1.91. The Balaban J connectivity index is 2.00. The van der Waals surface area contributed by atoms with Crippen molar-refractivity contribution in [3.8, 4) is 0 Å². The Bertz CT molecular complexity index is 233. The highest BCUT2D eigenvalue weighted by Crippen LogP contribution is 2.35. The van der Waals surface area contributed by atoms with Crippen LogP contribution < -0.4 is 5.73 Å². The lowest BCUT2D eigenvalue weighted by Gasteiger charge is -2.21. The molecule has 0 radical (unpaired) electrons. The number of carbonyl (C=O) groups excluding carboxylic acids is 1. The Morgan fingerprint density at radius 2 is 2.08 bits per heavy atom. The number of nitrogens with zero attached hydrogens (tertiary/aromatic N) is 1. The zero-order chi connectivity index (χ0) is 9.64. The van der Waals surface area contributed by atoms with Gasteiger partial charge in [0, 0.05) is 25.0 Å². The summed E-state index contributed by atoms with van der Waals surface area (Å²) in [6.07, 6.45) is 2.18. The average molecular weight is 182 g/mol. The largest absolute Gasteiger partial charge is 0.340 e. The molecule has 0 aromatic rings. The van der Waals surface area contributed by atoms with Crippen molar-refractivity contribution in [1.29, 1.82) is 0 Å². The highest BCUT2D eigenvalue weighted by Gasteiger charge is 2.42. The first-order valence-corrected chi connectivity index (χ1v) is 5.05. The van der Waals surface area contributed by atoms with Gasteiger partial charge in [0.15, 0.2) is 0 Å². The molecule has 1 aliphatic carbocycles. The molecule has 0 bridgehead atoms. The van der Waals surface area contributed by atoms with Crippen LogP contribution in [0.5, 0.6) is 0 Å². The van der Waals surface area contributed by atoms with Crippen molar-refractivity contribution >= 4 is 5.91 Å². The molecule has 1 aliphatic heterocycles. The van der Waals surface area contributed by atoms with E-state index in [1.165, 1.54) is 0 Å². The molecule has 74 valence electrons. The van der Waals surface area contributed by atoms with Crippen molar-refractivity contribution in [2.45, 2.75) is 32.7 Å². The van der Waals surface area contributed by atoms with Crippen LogP contribution in [0.25, 0.3) is 0 Å². The van der Waals surface area contributed by atoms with Crippen LogP contribution in [0, 0.1) is 11.3 Å². The molecule has 0 aromatic carbocycles. The zero-order valence-electron chi connectivity index (χ0n) is 8.42. The van der Waals surface area contributed by atoms with Gasteiger partial charge in [0.2, 0.25) is 5.91 Å². The summed E-state index contributed by atoms with van der Waals surface area (Å²) in [5.41, 5.74) is 6.07. The molecular formula is C10H18N2O. The Labute approximate surface area is 79.3 Å². The van der Waals surface area contributed by atoms with Crippen molar-refractivity contribution in [1.82, 2.24) is 4.90 Å². The molecule has 0 aromatic heterocycles. The van der Waals surface area contributed by atoms with E-state index in [0.717, 1.165) is 25.9 Å². The number of hydrogen-bond donors (Lipinski definition) is 1. The van der Waals surface area contributed by atoms with E-state index in [2.05, 4.69) is 13.8 Å². The summed E-state index contributed by atoms with van der Waals surface area (Å²) in [4.78, 5) is 13.7. The number of amides is 1. The van der Waals surface area contributed by atoms with Crippen LogP contribution in [-0.2, 0) is 4.79 Å². The van der Waals surface area contributed by atoms with Gasteiger partial charge in [0.25, 0.3) is 0 Å². The van der Waals surface area contributed by atoms with E-state index in [1.807, 2.05) is 4.90 Å². The number of likely N-dealkylation sites (tertiary alicyclic amines) is 1. The van der Waals surface area contributed by atoms with Crippen molar-refractivity contribution in [3.05, 3.63) is 0 Å². The van der Waals surface area contributed by atoms with Crippen molar-refractivity contribution in [2.24, 2.45) is 17.1 Å². The van der Waals surface area contributed by atoms with E-state index in [-0.39, 0.29) is 11.5 Å². The molecule has 0 unspecified atom stereocenters. The minimum Gasteiger partial charge on any atom is -0.340 e. The summed E-state index contributed by atoms with van der Waals surface area (Å²) in [7, 11) is 0. The number of rotatable bonds is 1. The van der Waals surface area contributed by atoms with Gasteiger partial charge in [-0.25, -0.2) is 0 Å². The molecule has 1 amide bonds. The van der Waals surface area contributed by atoms with Gasteiger partial charge in [-0.1, -0.05) is 13.8 Å². The highest BCUT2D eigenvalue weighted by molar-refractivity contribution is 5.81. The van der Waals surface area contributed by atoms with E-state index in [9.17, 15) is 4.79 Å². The summed E-state index contributed by atoms with van der Waals surface area (Å²) in [6, 6.07) is 0.148. The fraction of sp³-hybridized carbons (Fsp3) is 0.900. The van der Waals surface area contributed by atoms with E-state index in [4.69, 9.17) is 5.73 Å². The minimum absolute atomic E-state index is 0.102. The molecule has 2 N–H and O–H groups in total. The molecule has 1 atom stereocenters. The second kappa shape index (κ2) is 2.71. The van der Waals surface area contributed by atoms with Crippen molar-refractivity contribution < 1.29 is 4.79 Å². The second-order valence-corrected chi connectivity index (χ2v) is 5.09. The third-order valence-corrected chi connectivity index (χ3v) is 3.26. The smallest absolute Gasteiger partial charge is 0.225 e. The molecule has 1 heterocycles. The Morgan fingerprint density at radius 1 is 1.46 bits per heavy atom. The van der Waals surface area contributed by atoms with Gasteiger partial charge >= 0.3 is 0 Å². The van der Waals surface area contributed by atoms with Gasteiger partial charge in [0.1, 0.15) is 0 Å². The van der Waals surface area contributed by atoms with Crippen LogP contribution in [0.3, 0.4) is 0 Å². The van der Waals surface area contributed by atoms with Gasteiger partial charge in [-0.05, 0) is 18.3 Å².